The van der Waals surface area contributed by atoms with Crippen molar-refractivity contribution < 1.29 is 4.79 Å². The third-order valence-electron chi connectivity index (χ3n) is 0.641. The monoisotopic (exact) mass is 84.1 g/mol. The van der Waals surface area contributed by atoms with E-state index in [1.807, 2.05) is 0 Å². The lowest BCUT2D eigenvalue weighted by Crippen LogP contribution is -1.99. The zero-order valence-corrected chi connectivity index (χ0v) is 4.06. The summed E-state index contributed by atoms with van der Waals surface area (Å²) in [5.41, 5.74) is 0. The molecule has 0 aliphatic heterocycles. The summed E-state index contributed by atoms with van der Waals surface area (Å²) in [6, 6.07) is 0. The molecule has 0 saturated carbocycles. The molecule has 0 saturated heterocycles. The predicted molar refractivity (Wildman–Crippen MR) is 24.1 cm³/mol. The van der Waals surface area contributed by atoms with Crippen LogP contribution in [0.4, 0.5) is 0 Å². The van der Waals surface area contributed by atoms with Gasteiger partial charge in [0.2, 0.25) is 0 Å². The van der Waals surface area contributed by atoms with Crippen LogP contribution in [0.2, 0.25) is 0 Å². The highest BCUT2D eigenvalue weighted by Gasteiger charge is 1.95. The number of ketones is 1. The van der Waals surface area contributed by atoms with Crippen LogP contribution in [0.25, 0.3) is 0 Å². The molecule has 0 aromatic carbocycles. The average Bonchev–Trinajstić information content (AvgIpc) is 1.36. The van der Waals surface area contributed by atoms with Crippen LogP contribution in [0, 0.1) is 12.8 Å². The van der Waals surface area contributed by atoms with E-state index in [0.29, 0.717) is 0 Å². The minimum atomic E-state index is -0.287. The molecule has 0 bridgehead atoms. The zero-order chi connectivity index (χ0) is 5.15. The van der Waals surface area contributed by atoms with Gasteiger partial charge >= 0.3 is 0 Å². The Hall–Kier alpha value is -0.330. The lowest BCUT2D eigenvalue weighted by Gasteiger charge is -1.90. The summed E-state index contributed by atoms with van der Waals surface area (Å²) in [5, 5.41) is 0. The van der Waals surface area contributed by atoms with Crippen molar-refractivity contribution in [3.63, 3.8) is 0 Å². The molecule has 1 atom stereocenters. The van der Waals surface area contributed by atoms with Crippen molar-refractivity contribution in [2.24, 2.45) is 5.92 Å². The van der Waals surface area contributed by atoms with E-state index in [9.17, 15) is 4.79 Å². The lowest BCUT2D eigenvalue weighted by molar-refractivity contribution is -0.119. The van der Waals surface area contributed by atoms with Crippen molar-refractivity contribution in [3.05, 3.63) is 6.92 Å². The number of Topliss-reactive ketones (excluding diaryl/α,β-unsaturated/α-hetero) is 1. The van der Waals surface area contributed by atoms with Crippen LogP contribution in [0.3, 0.4) is 0 Å². The Morgan fingerprint density at radius 3 is 2.00 bits per heavy atom. The normalized spacial score (nSPS) is 9.33. The molecule has 34 valence electrons. The molecule has 6 heavy (non-hydrogen) atoms. The number of carbonyl (C=O) groups excluding carboxylic acids is 1. The summed E-state index contributed by atoms with van der Waals surface area (Å²) in [6.45, 7) is 8.23. The Morgan fingerprint density at radius 2 is 2.00 bits per heavy atom. The molecule has 0 heterocycles. The van der Waals surface area contributed by atoms with Gasteiger partial charge in [0.25, 0.3) is 0 Å². The van der Waals surface area contributed by atoms with Crippen LogP contribution >= 0.6 is 0 Å². The predicted octanol–water partition coefficient (Wildman–Crippen LogP) is 0.923. The van der Waals surface area contributed by atoms with Crippen LogP contribution in [-0.2, 0) is 4.79 Å². The van der Waals surface area contributed by atoms with Crippen molar-refractivity contribution in [1.29, 1.82) is 0 Å². The highest BCUT2D eigenvalue weighted by molar-refractivity contribution is 5.78. The van der Waals surface area contributed by atoms with Gasteiger partial charge in [-0.25, -0.2) is 0 Å². The SMILES string of the molecule is [CH]C(C)C(C)=O. The Morgan fingerprint density at radius 1 is 1.83 bits per heavy atom. The van der Waals surface area contributed by atoms with E-state index in [4.69, 9.17) is 6.92 Å². The Labute approximate surface area is 38.4 Å². The molecular formula is C5H8O. The first-order valence-corrected chi connectivity index (χ1v) is 1.90. The Kier molecular flexibility index (Phi) is 1.85. The third-order valence-corrected chi connectivity index (χ3v) is 0.641. The first-order chi connectivity index (χ1) is 2.64. The third kappa shape index (κ3) is 1.94. The fraction of sp³-hybridized carbons (Fsp3) is 0.600. The molecular weight excluding hydrogens is 76.1 g/mol. The van der Waals surface area contributed by atoms with Crippen LogP contribution in [0.15, 0.2) is 0 Å². The first kappa shape index (κ1) is 5.67. The van der Waals surface area contributed by atoms with Gasteiger partial charge < -0.3 is 0 Å². The summed E-state index contributed by atoms with van der Waals surface area (Å²) >= 11 is 0. The fourth-order valence-electron chi connectivity index (χ4n) is 0. The number of rotatable bonds is 1. The summed E-state index contributed by atoms with van der Waals surface area (Å²) in [7, 11) is 0. The molecule has 0 N–H and O–H groups in total. The van der Waals surface area contributed by atoms with Crippen molar-refractivity contribution in [1.82, 2.24) is 0 Å². The topological polar surface area (TPSA) is 17.1 Å². The van der Waals surface area contributed by atoms with Crippen molar-refractivity contribution in [2.45, 2.75) is 13.8 Å². The van der Waals surface area contributed by atoms with Gasteiger partial charge in [-0.3, -0.25) is 4.79 Å². The second kappa shape index (κ2) is 1.96. The van der Waals surface area contributed by atoms with Gasteiger partial charge in [-0.1, -0.05) is 6.92 Å². The smallest absolute Gasteiger partial charge is 0.132 e. The Balaban J connectivity index is 3.26. The van der Waals surface area contributed by atoms with Gasteiger partial charge in [0.15, 0.2) is 0 Å². The molecule has 1 unspecified atom stereocenters. The number of hydrogen-bond donors (Lipinski definition) is 0. The van der Waals surface area contributed by atoms with Crippen LogP contribution < -0.4 is 0 Å². The molecule has 0 aliphatic rings. The van der Waals surface area contributed by atoms with Gasteiger partial charge in [-0.15, -0.1) is 0 Å². The van der Waals surface area contributed by atoms with Gasteiger partial charge in [0.05, 0.1) is 0 Å². The number of hydrogen-bond acceptors (Lipinski definition) is 1. The Bertz CT molecular complexity index is 55.0. The molecule has 0 aliphatic carbocycles. The zero-order valence-electron chi connectivity index (χ0n) is 4.06. The highest BCUT2D eigenvalue weighted by atomic mass is 16.1. The van der Waals surface area contributed by atoms with E-state index in [0.717, 1.165) is 0 Å². The van der Waals surface area contributed by atoms with Crippen LogP contribution in [0.5, 0.6) is 0 Å². The molecule has 0 fully saturated rings. The van der Waals surface area contributed by atoms with E-state index >= 15 is 0 Å². The average molecular weight is 84.1 g/mol. The molecule has 0 aromatic rings. The summed E-state index contributed by atoms with van der Waals surface area (Å²) in [6.07, 6.45) is 0. The highest BCUT2D eigenvalue weighted by Crippen LogP contribution is 1.88. The molecule has 0 spiro atoms. The molecule has 1 heteroatoms. The fourth-order valence-corrected chi connectivity index (χ4v) is 0. The van der Waals surface area contributed by atoms with Crippen molar-refractivity contribution in [3.8, 4) is 0 Å². The van der Waals surface area contributed by atoms with Crippen molar-refractivity contribution >= 4 is 5.78 Å². The first-order valence-electron chi connectivity index (χ1n) is 1.90. The summed E-state index contributed by atoms with van der Waals surface area (Å²) in [5.74, 6) is -0.250. The summed E-state index contributed by atoms with van der Waals surface area (Å²) < 4.78 is 0. The standard InChI is InChI=1S/C5H8O/c1-4(2)5(3)6/h1,4H,2-3H3. The van der Waals surface area contributed by atoms with E-state index in [1.54, 1.807) is 6.92 Å². The maximum atomic E-state index is 10.0. The molecule has 0 amide bonds. The second-order valence-electron chi connectivity index (χ2n) is 1.40. The summed E-state index contributed by atoms with van der Waals surface area (Å²) in [4.78, 5) is 10.0. The minimum absolute atomic E-state index is 0.0370. The van der Waals surface area contributed by atoms with E-state index in [2.05, 4.69) is 0 Å². The lowest BCUT2D eigenvalue weighted by atomic mass is 10.1. The van der Waals surface area contributed by atoms with Crippen LogP contribution in [0.1, 0.15) is 13.8 Å². The molecule has 2 radical (unpaired) electrons. The molecule has 1 nitrogen and oxygen atoms in total. The second-order valence-corrected chi connectivity index (χ2v) is 1.40. The van der Waals surface area contributed by atoms with Gasteiger partial charge in [-0.2, -0.15) is 0 Å². The number of carbonyl (C=O) groups is 1. The van der Waals surface area contributed by atoms with Gasteiger partial charge in [0.1, 0.15) is 5.78 Å². The largest absolute Gasteiger partial charge is 0.300 e. The van der Waals surface area contributed by atoms with Crippen molar-refractivity contribution in [2.75, 3.05) is 0 Å². The maximum Gasteiger partial charge on any atom is 0.132 e. The van der Waals surface area contributed by atoms with E-state index in [1.165, 1.54) is 6.92 Å². The minimum Gasteiger partial charge on any atom is -0.300 e. The molecule has 0 aromatic heterocycles. The van der Waals surface area contributed by atoms with Gasteiger partial charge in [-0.05, 0) is 13.8 Å². The van der Waals surface area contributed by atoms with E-state index < -0.39 is 0 Å². The maximum absolute atomic E-state index is 10.0. The van der Waals surface area contributed by atoms with E-state index in [-0.39, 0.29) is 11.7 Å². The van der Waals surface area contributed by atoms with Gasteiger partial charge in [0, 0.05) is 5.92 Å². The molecule has 0 rings (SSSR count). The van der Waals surface area contributed by atoms with Crippen LogP contribution in [-0.4, -0.2) is 5.78 Å². The quantitative estimate of drug-likeness (QED) is 0.461.